The number of amides is 1. The Morgan fingerprint density at radius 1 is 1.35 bits per heavy atom. The number of halogens is 1. The van der Waals surface area contributed by atoms with Crippen LogP contribution in [-0.4, -0.2) is 40.6 Å². The number of carbonyl (C=O) groups is 1. The van der Waals surface area contributed by atoms with Gasteiger partial charge in [0.15, 0.2) is 5.58 Å². The standard InChI is InChI=1S/C19H22ClN3O3/c1-12-9-15(13(2)22(12)3)11-23(7-8-25-4)18(24)14-5-6-17-16(10-14)21-19(20)26-17/h5-6,9-10H,7-8,11H2,1-4H3. The fourth-order valence-electron chi connectivity index (χ4n) is 2.97. The number of aryl methyl sites for hydroxylation is 1. The molecule has 138 valence electrons. The molecule has 1 amide bonds. The molecule has 0 spiro atoms. The second-order valence-electron chi connectivity index (χ2n) is 6.32. The largest absolute Gasteiger partial charge is 0.428 e. The van der Waals surface area contributed by atoms with E-state index < -0.39 is 0 Å². The zero-order chi connectivity index (χ0) is 18.8. The van der Waals surface area contributed by atoms with Gasteiger partial charge in [0.25, 0.3) is 11.3 Å². The molecule has 7 heteroatoms. The Hall–Kier alpha value is -2.31. The number of hydrogen-bond donors (Lipinski definition) is 0. The van der Waals surface area contributed by atoms with E-state index in [1.165, 1.54) is 0 Å². The number of fused-ring (bicyclic) bond motifs is 1. The predicted octanol–water partition coefficient (Wildman–Crippen LogP) is 3.73. The summed E-state index contributed by atoms with van der Waals surface area (Å²) in [5.74, 6) is -0.0796. The first kappa shape index (κ1) is 18.5. The number of oxazole rings is 1. The molecule has 3 rings (SSSR count). The third kappa shape index (κ3) is 3.61. The van der Waals surface area contributed by atoms with Crippen LogP contribution < -0.4 is 0 Å². The number of rotatable bonds is 6. The molecule has 2 aromatic heterocycles. The van der Waals surface area contributed by atoms with Gasteiger partial charge in [-0.3, -0.25) is 4.79 Å². The van der Waals surface area contributed by atoms with E-state index in [1.54, 1.807) is 30.2 Å². The summed E-state index contributed by atoms with van der Waals surface area (Å²) < 4.78 is 12.6. The van der Waals surface area contributed by atoms with Gasteiger partial charge < -0.3 is 18.6 Å². The van der Waals surface area contributed by atoms with Crippen molar-refractivity contribution in [3.63, 3.8) is 0 Å². The summed E-state index contributed by atoms with van der Waals surface area (Å²) in [7, 11) is 3.65. The van der Waals surface area contributed by atoms with Gasteiger partial charge in [0.2, 0.25) is 0 Å². The summed E-state index contributed by atoms with van der Waals surface area (Å²) in [5.41, 5.74) is 5.11. The SMILES string of the molecule is COCCN(Cc1cc(C)n(C)c1C)C(=O)c1ccc2oc(Cl)nc2c1. The van der Waals surface area contributed by atoms with Crippen LogP contribution in [0.3, 0.4) is 0 Å². The van der Waals surface area contributed by atoms with E-state index >= 15 is 0 Å². The highest BCUT2D eigenvalue weighted by Crippen LogP contribution is 2.22. The summed E-state index contributed by atoms with van der Waals surface area (Å²) in [4.78, 5) is 19.0. The summed E-state index contributed by atoms with van der Waals surface area (Å²) in [6.45, 7) is 5.60. The van der Waals surface area contributed by atoms with E-state index in [-0.39, 0.29) is 11.3 Å². The number of methoxy groups -OCH3 is 1. The molecule has 0 saturated carbocycles. The molecule has 0 aliphatic carbocycles. The van der Waals surface area contributed by atoms with Gasteiger partial charge in [0, 0.05) is 44.2 Å². The van der Waals surface area contributed by atoms with E-state index in [9.17, 15) is 4.79 Å². The van der Waals surface area contributed by atoms with Gasteiger partial charge in [-0.1, -0.05) is 0 Å². The zero-order valence-electron chi connectivity index (χ0n) is 15.4. The lowest BCUT2D eigenvalue weighted by atomic mass is 10.1. The molecule has 6 nitrogen and oxygen atoms in total. The smallest absolute Gasteiger partial charge is 0.293 e. The second kappa shape index (κ2) is 7.51. The minimum absolute atomic E-state index is 0.0659. The van der Waals surface area contributed by atoms with Gasteiger partial charge in [-0.05, 0) is 55.3 Å². The fraction of sp³-hybridized carbons (Fsp3) is 0.368. The molecule has 2 heterocycles. The van der Waals surface area contributed by atoms with Crippen LogP contribution in [0.15, 0.2) is 28.7 Å². The minimum Gasteiger partial charge on any atom is -0.428 e. The number of ether oxygens (including phenoxy) is 1. The Balaban J connectivity index is 1.89. The van der Waals surface area contributed by atoms with Gasteiger partial charge in [-0.2, -0.15) is 4.98 Å². The summed E-state index contributed by atoms with van der Waals surface area (Å²) in [6, 6.07) is 7.27. The molecule has 0 unspecified atom stereocenters. The maximum atomic E-state index is 13.1. The number of hydrogen-bond acceptors (Lipinski definition) is 4. The molecule has 0 atom stereocenters. The third-order valence-corrected chi connectivity index (χ3v) is 4.86. The predicted molar refractivity (Wildman–Crippen MR) is 101 cm³/mol. The van der Waals surface area contributed by atoms with Gasteiger partial charge in [-0.15, -0.1) is 0 Å². The number of aromatic nitrogens is 2. The molecule has 0 bridgehead atoms. The van der Waals surface area contributed by atoms with Crippen molar-refractivity contribution in [2.45, 2.75) is 20.4 Å². The molecule has 0 saturated heterocycles. The molecule has 0 N–H and O–H groups in total. The highest BCUT2D eigenvalue weighted by atomic mass is 35.5. The van der Waals surface area contributed by atoms with Gasteiger partial charge in [-0.25, -0.2) is 0 Å². The molecule has 0 radical (unpaired) electrons. The number of nitrogens with zero attached hydrogens (tertiary/aromatic N) is 3. The first-order valence-corrected chi connectivity index (χ1v) is 8.74. The van der Waals surface area contributed by atoms with Crippen LogP contribution in [-0.2, 0) is 18.3 Å². The van der Waals surface area contributed by atoms with Crippen molar-refractivity contribution in [2.75, 3.05) is 20.3 Å². The number of carbonyl (C=O) groups excluding carboxylic acids is 1. The van der Waals surface area contributed by atoms with E-state index in [2.05, 4.69) is 29.5 Å². The van der Waals surface area contributed by atoms with E-state index in [0.717, 1.165) is 17.0 Å². The van der Waals surface area contributed by atoms with Crippen molar-refractivity contribution in [1.82, 2.24) is 14.5 Å². The Morgan fingerprint density at radius 3 is 2.77 bits per heavy atom. The van der Waals surface area contributed by atoms with Crippen LogP contribution in [0.1, 0.15) is 27.3 Å². The van der Waals surface area contributed by atoms with Crippen molar-refractivity contribution in [3.05, 3.63) is 52.1 Å². The van der Waals surface area contributed by atoms with Crippen LogP contribution in [0.5, 0.6) is 0 Å². The van der Waals surface area contributed by atoms with Crippen molar-refractivity contribution < 1.29 is 13.9 Å². The molecule has 0 fully saturated rings. The van der Waals surface area contributed by atoms with Crippen molar-refractivity contribution >= 4 is 28.6 Å². The highest BCUT2D eigenvalue weighted by molar-refractivity contribution is 6.28. The average molecular weight is 376 g/mol. The molecule has 0 aliphatic rings. The highest BCUT2D eigenvalue weighted by Gasteiger charge is 2.19. The summed E-state index contributed by atoms with van der Waals surface area (Å²) in [6.07, 6.45) is 0. The monoisotopic (exact) mass is 375 g/mol. The lowest BCUT2D eigenvalue weighted by molar-refractivity contribution is 0.0680. The summed E-state index contributed by atoms with van der Waals surface area (Å²) >= 11 is 5.80. The Labute approximate surface area is 157 Å². The van der Waals surface area contributed by atoms with E-state index in [4.69, 9.17) is 20.8 Å². The van der Waals surface area contributed by atoms with Crippen LogP contribution in [0, 0.1) is 13.8 Å². The molecular weight excluding hydrogens is 354 g/mol. The molecule has 26 heavy (non-hydrogen) atoms. The van der Waals surface area contributed by atoms with Gasteiger partial charge in [0.1, 0.15) is 5.52 Å². The second-order valence-corrected chi connectivity index (χ2v) is 6.65. The van der Waals surface area contributed by atoms with Crippen LogP contribution >= 0.6 is 11.6 Å². The van der Waals surface area contributed by atoms with E-state index in [1.807, 2.05) is 7.05 Å². The quantitative estimate of drug-likeness (QED) is 0.658. The molecule has 3 aromatic rings. The molecule has 1 aromatic carbocycles. The maximum Gasteiger partial charge on any atom is 0.293 e. The molecular formula is C19H22ClN3O3. The lowest BCUT2D eigenvalue weighted by Crippen LogP contribution is -2.33. The maximum absolute atomic E-state index is 13.1. The topological polar surface area (TPSA) is 60.5 Å². The fourth-order valence-corrected chi connectivity index (χ4v) is 3.14. The average Bonchev–Trinajstić information content (AvgIpc) is 3.11. The minimum atomic E-state index is -0.0796. The Bertz CT molecular complexity index is 945. The lowest BCUT2D eigenvalue weighted by Gasteiger charge is -2.22. The van der Waals surface area contributed by atoms with Crippen molar-refractivity contribution in [3.8, 4) is 0 Å². The summed E-state index contributed by atoms with van der Waals surface area (Å²) in [5, 5.41) is 0.0659. The first-order chi connectivity index (χ1) is 12.4. The Morgan fingerprint density at radius 2 is 2.12 bits per heavy atom. The molecule has 0 aliphatic heterocycles. The van der Waals surface area contributed by atoms with Crippen LogP contribution in [0.25, 0.3) is 11.1 Å². The zero-order valence-corrected chi connectivity index (χ0v) is 16.1. The van der Waals surface area contributed by atoms with Crippen LogP contribution in [0.2, 0.25) is 5.35 Å². The van der Waals surface area contributed by atoms with Crippen molar-refractivity contribution in [2.24, 2.45) is 7.05 Å². The van der Waals surface area contributed by atoms with Gasteiger partial charge in [0.05, 0.1) is 6.61 Å². The van der Waals surface area contributed by atoms with Crippen LogP contribution in [0.4, 0.5) is 0 Å². The Kier molecular flexibility index (Phi) is 5.34. The van der Waals surface area contributed by atoms with Crippen molar-refractivity contribution in [1.29, 1.82) is 0 Å². The number of benzene rings is 1. The third-order valence-electron chi connectivity index (χ3n) is 4.70. The first-order valence-electron chi connectivity index (χ1n) is 8.36. The van der Waals surface area contributed by atoms with Gasteiger partial charge >= 0.3 is 0 Å². The van der Waals surface area contributed by atoms with E-state index in [0.29, 0.717) is 36.4 Å². The normalized spacial score (nSPS) is 11.3.